The smallest absolute Gasteiger partial charge is 0.137 e. The van der Waals surface area contributed by atoms with Crippen molar-refractivity contribution in [2.45, 2.75) is 6.61 Å². The molecule has 11 heavy (non-hydrogen) atoms. The normalized spacial score (nSPS) is 10.1. The highest BCUT2D eigenvalue weighted by molar-refractivity contribution is 6.32. The first-order valence-electron chi connectivity index (χ1n) is 2.93. The number of rotatable bonds is 1. The number of halogens is 2. The van der Waals surface area contributed by atoms with Crippen LogP contribution in [0.25, 0.3) is 0 Å². The van der Waals surface area contributed by atoms with Crippen molar-refractivity contribution >= 4 is 11.6 Å². The summed E-state index contributed by atoms with van der Waals surface area (Å²) in [5, 5.41) is 17.5. The molecule has 1 aromatic rings. The lowest BCUT2D eigenvalue weighted by atomic mass is 10.2. The van der Waals surface area contributed by atoms with Crippen molar-refractivity contribution in [3.05, 3.63) is 28.5 Å². The molecule has 1 aromatic carbocycles. The van der Waals surface area contributed by atoms with E-state index in [1.165, 1.54) is 6.07 Å². The van der Waals surface area contributed by atoms with Crippen LogP contribution in [0, 0.1) is 5.82 Å². The van der Waals surface area contributed by atoms with Crippen molar-refractivity contribution < 1.29 is 14.6 Å². The minimum absolute atomic E-state index is 0.0375. The molecule has 0 fully saturated rings. The summed E-state index contributed by atoms with van der Waals surface area (Å²) in [5.41, 5.74) is 0.0767. The number of phenolic OH excluding ortho intramolecular Hbond substituents is 1. The summed E-state index contributed by atoms with van der Waals surface area (Å²) >= 11 is 5.44. The van der Waals surface area contributed by atoms with Crippen molar-refractivity contribution in [3.63, 3.8) is 0 Å². The van der Waals surface area contributed by atoms with Gasteiger partial charge in [0.2, 0.25) is 0 Å². The highest BCUT2D eigenvalue weighted by atomic mass is 35.5. The molecule has 0 aromatic heterocycles. The van der Waals surface area contributed by atoms with Gasteiger partial charge >= 0.3 is 0 Å². The van der Waals surface area contributed by atoms with E-state index in [1.54, 1.807) is 0 Å². The van der Waals surface area contributed by atoms with Crippen molar-refractivity contribution in [2.75, 3.05) is 0 Å². The molecule has 2 N–H and O–H groups in total. The fourth-order valence-electron chi connectivity index (χ4n) is 0.699. The Balaban J connectivity index is 3.21. The second-order valence-corrected chi connectivity index (χ2v) is 2.46. The quantitative estimate of drug-likeness (QED) is 0.684. The van der Waals surface area contributed by atoms with Gasteiger partial charge in [0.15, 0.2) is 0 Å². The third kappa shape index (κ3) is 1.61. The van der Waals surface area contributed by atoms with Gasteiger partial charge in [-0.05, 0) is 6.07 Å². The Morgan fingerprint density at radius 2 is 2.09 bits per heavy atom. The van der Waals surface area contributed by atoms with E-state index in [2.05, 4.69) is 0 Å². The molecule has 0 spiro atoms. The van der Waals surface area contributed by atoms with E-state index in [4.69, 9.17) is 21.8 Å². The van der Waals surface area contributed by atoms with Gasteiger partial charge in [-0.2, -0.15) is 0 Å². The molecule has 0 unspecified atom stereocenters. The van der Waals surface area contributed by atoms with E-state index in [-0.39, 0.29) is 16.3 Å². The number of phenols is 1. The van der Waals surface area contributed by atoms with Gasteiger partial charge in [-0.1, -0.05) is 11.6 Å². The van der Waals surface area contributed by atoms with Gasteiger partial charge in [0.1, 0.15) is 11.6 Å². The minimum atomic E-state index is -0.658. The van der Waals surface area contributed by atoms with E-state index in [9.17, 15) is 4.39 Å². The monoisotopic (exact) mass is 176 g/mol. The average Bonchev–Trinajstić information content (AvgIpc) is 1.97. The van der Waals surface area contributed by atoms with Crippen molar-refractivity contribution in [3.8, 4) is 5.75 Å². The highest BCUT2D eigenvalue weighted by Gasteiger charge is 2.05. The van der Waals surface area contributed by atoms with Gasteiger partial charge in [-0.25, -0.2) is 4.39 Å². The van der Waals surface area contributed by atoms with Crippen LogP contribution in [-0.2, 0) is 6.61 Å². The molecule has 0 aliphatic rings. The molecule has 0 atom stereocenters. The molecule has 60 valence electrons. The van der Waals surface area contributed by atoms with E-state index in [1.807, 2.05) is 0 Å². The van der Waals surface area contributed by atoms with Gasteiger partial charge in [0.25, 0.3) is 0 Å². The maximum absolute atomic E-state index is 12.7. The molecule has 0 amide bonds. The van der Waals surface area contributed by atoms with Crippen LogP contribution >= 0.6 is 11.6 Å². The summed E-state index contributed by atoms with van der Waals surface area (Å²) in [7, 11) is 0. The molecule has 0 saturated heterocycles. The van der Waals surface area contributed by atoms with E-state index < -0.39 is 12.4 Å². The first kappa shape index (κ1) is 8.30. The number of hydrogen-bond acceptors (Lipinski definition) is 2. The van der Waals surface area contributed by atoms with Crippen LogP contribution in [0.1, 0.15) is 5.56 Å². The first-order valence-corrected chi connectivity index (χ1v) is 3.30. The SMILES string of the molecule is OCc1cc(Cl)c(O)cc1F. The maximum atomic E-state index is 12.7. The summed E-state index contributed by atoms with van der Waals surface area (Å²) in [6.45, 7) is -0.425. The third-order valence-electron chi connectivity index (χ3n) is 1.29. The van der Waals surface area contributed by atoms with Gasteiger partial charge in [-0.3, -0.25) is 0 Å². The lowest BCUT2D eigenvalue weighted by Gasteiger charge is -2.00. The number of benzene rings is 1. The maximum Gasteiger partial charge on any atom is 0.137 e. The lowest BCUT2D eigenvalue weighted by molar-refractivity contribution is 0.275. The molecule has 1 rings (SSSR count). The van der Waals surface area contributed by atoms with Gasteiger partial charge in [0, 0.05) is 11.6 Å². The number of aliphatic hydroxyl groups is 1. The Kier molecular flexibility index (Phi) is 2.31. The molecule has 0 aliphatic carbocycles. The summed E-state index contributed by atoms with van der Waals surface area (Å²) in [4.78, 5) is 0. The molecule has 0 heterocycles. The van der Waals surface area contributed by atoms with Crippen LogP contribution in [0.2, 0.25) is 5.02 Å². The molecule has 0 aliphatic heterocycles. The molecule has 2 nitrogen and oxygen atoms in total. The zero-order valence-corrected chi connectivity index (χ0v) is 6.27. The first-order chi connectivity index (χ1) is 5.15. The summed E-state index contributed by atoms with van der Waals surface area (Å²) in [5.74, 6) is -0.976. The van der Waals surface area contributed by atoms with Crippen LogP contribution in [0.5, 0.6) is 5.75 Å². The zero-order chi connectivity index (χ0) is 8.43. The van der Waals surface area contributed by atoms with Crippen molar-refractivity contribution in [2.24, 2.45) is 0 Å². The number of aromatic hydroxyl groups is 1. The van der Waals surface area contributed by atoms with Gasteiger partial charge < -0.3 is 10.2 Å². The molecular formula is C7H6ClFO2. The summed E-state index contributed by atoms with van der Waals surface area (Å²) in [6.07, 6.45) is 0. The largest absolute Gasteiger partial charge is 0.506 e. The minimum Gasteiger partial charge on any atom is -0.506 e. The van der Waals surface area contributed by atoms with Crippen LogP contribution in [0.3, 0.4) is 0 Å². The van der Waals surface area contributed by atoms with Gasteiger partial charge in [-0.15, -0.1) is 0 Å². The Hall–Kier alpha value is -0.800. The lowest BCUT2D eigenvalue weighted by Crippen LogP contribution is -1.88. The standard InChI is InChI=1S/C7H6ClFO2/c8-5-1-4(3-10)6(9)2-7(5)11/h1-2,10-11H,3H2. The highest BCUT2D eigenvalue weighted by Crippen LogP contribution is 2.25. The van der Waals surface area contributed by atoms with E-state index in [0.717, 1.165) is 6.07 Å². The van der Waals surface area contributed by atoms with Crippen LogP contribution < -0.4 is 0 Å². The summed E-state index contributed by atoms with van der Waals surface area (Å²) < 4.78 is 12.7. The predicted molar refractivity (Wildman–Crippen MR) is 39.0 cm³/mol. The molecular weight excluding hydrogens is 171 g/mol. The Labute approximate surface area is 67.9 Å². The average molecular weight is 177 g/mol. The Bertz CT molecular complexity index is 275. The van der Waals surface area contributed by atoms with Crippen LogP contribution in [0.15, 0.2) is 12.1 Å². The van der Waals surface area contributed by atoms with Crippen LogP contribution in [-0.4, -0.2) is 10.2 Å². The molecule has 0 bridgehead atoms. The predicted octanol–water partition coefficient (Wildman–Crippen LogP) is 1.68. The fraction of sp³-hybridized carbons (Fsp3) is 0.143. The molecule has 4 heteroatoms. The van der Waals surface area contributed by atoms with Gasteiger partial charge in [0.05, 0.1) is 11.6 Å². The third-order valence-corrected chi connectivity index (χ3v) is 1.59. The number of aliphatic hydroxyl groups excluding tert-OH is 1. The Morgan fingerprint density at radius 3 is 2.64 bits per heavy atom. The fourth-order valence-corrected chi connectivity index (χ4v) is 0.885. The molecule has 0 saturated carbocycles. The number of hydrogen-bond donors (Lipinski definition) is 2. The molecule has 0 radical (unpaired) electrons. The van der Waals surface area contributed by atoms with E-state index >= 15 is 0 Å². The van der Waals surface area contributed by atoms with Crippen LogP contribution in [0.4, 0.5) is 4.39 Å². The Morgan fingerprint density at radius 1 is 1.45 bits per heavy atom. The summed E-state index contributed by atoms with van der Waals surface area (Å²) in [6, 6.07) is 2.06. The van der Waals surface area contributed by atoms with Crippen molar-refractivity contribution in [1.29, 1.82) is 0 Å². The second kappa shape index (κ2) is 3.07. The topological polar surface area (TPSA) is 40.5 Å². The zero-order valence-electron chi connectivity index (χ0n) is 5.51. The van der Waals surface area contributed by atoms with Crippen molar-refractivity contribution in [1.82, 2.24) is 0 Å². The van der Waals surface area contributed by atoms with E-state index in [0.29, 0.717) is 0 Å². The second-order valence-electron chi connectivity index (χ2n) is 2.05.